The Morgan fingerprint density at radius 2 is 1.38 bits per heavy atom. The molecule has 50 heavy (non-hydrogen) atoms. The van der Waals surface area contributed by atoms with E-state index < -0.39 is 0 Å². The van der Waals surface area contributed by atoms with Crippen LogP contribution in [0.2, 0.25) is 5.02 Å². The van der Waals surface area contributed by atoms with Crippen molar-refractivity contribution in [3.8, 4) is 119 Å². The summed E-state index contributed by atoms with van der Waals surface area (Å²) in [5.74, 6) is 39.8. The summed E-state index contributed by atoms with van der Waals surface area (Å²) in [5.41, 5.74) is 7.85. The van der Waals surface area contributed by atoms with E-state index in [1.54, 1.807) is 7.11 Å². The van der Waals surface area contributed by atoms with Crippen molar-refractivity contribution in [1.82, 2.24) is 9.88 Å². The highest BCUT2D eigenvalue weighted by Crippen LogP contribution is 2.44. The summed E-state index contributed by atoms with van der Waals surface area (Å²) in [4.78, 5) is 6.24. The van der Waals surface area contributed by atoms with Crippen molar-refractivity contribution in [2.75, 3.05) is 13.7 Å². The molecule has 0 amide bonds. The van der Waals surface area contributed by atoms with Gasteiger partial charge in [0.15, 0.2) is 11.5 Å². The van der Waals surface area contributed by atoms with Crippen LogP contribution in [0, 0.1) is 108 Å². The molecule has 1 atom stereocenters. The summed E-state index contributed by atoms with van der Waals surface area (Å²) in [5, 5.41) is 2.08. The molecule has 0 fully saturated rings. The highest BCUT2D eigenvalue weighted by molar-refractivity contribution is 6.30. The molecular formula is C45H27ClN2O2. The third kappa shape index (κ3) is 9.12. The molecular weight excluding hydrogens is 636 g/mol. The largest absolute Gasteiger partial charge is 0.493 e. The van der Waals surface area contributed by atoms with Gasteiger partial charge in [0, 0.05) is 40.8 Å². The van der Waals surface area contributed by atoms with Crippen LogP contribution in [0.5, 0.6) is 11.5 Å². The van der Waals surface area contributed by atoms with Crippen LogP contribution in [0.3, 0.4) is 0 Å². The first kappa shape index (κ1) is 34.4. The summed E-state index contributed by atoms with van der Waals surface area (Å²) in [6, 6.07) is 21.2. The number of ether oxygens (including phenoxy) is 2. The van der Waals surface area contributed by atoms with Gasteiger partial charge in [-0.3, -0.25) is 4.90 Å². The van der Waals surface area contributed by atoms with E-state index in [0.717, 1.165) is 48.0 Å². The number of rotatable bonds is 4. The van der Waals surface area contributed by atoms with Gasteiger partial charge in [-0.2, -0.15) is 0 Å². The molecule has 5 heteroatoms. The van der Waals surface area contributed by atoms with Crippen LogP contribution < -0.4 is 9.47 Å². The van der Waals surface area contributed by atoms with Gasteiger partial charge >= 0.3 is 0 Å². The Labute approximate surface area is 299 Å². The Morgan fingerprint density at radius 3 is 1.98 bits per heavy atom. The van der Waals surface area contributed by atoms with E-state index in [-0.39, 0.29) is 0 Å². The first-order chi connectivity index (χ1) is 24.6. The number of benzene rings is 3. The van der Waals surface area contributed by atoms with Crippen LogP contribution in [0.4, 0.5) is 0 Å². The molecule has 4 nitrogen and oxygen atoms in total. The van der Waals surface area contributed by atoms with E-state index >= 15 is 0 Å². The zero-order valence-corrected chi connectivity index (χ0v) is 27.9. The zero-order chi connectivity index (χ0) is 35.0. The summed E-state index contributed by atoms with van der Waals surface area (Å²) in [7, 11) is 1.71. The molecule has 6 rings (SSSR count). The van der Waals surface area contributed by atoms with Crippen LogP contribution in [-0.4, -0.2) is 23.5 Å². The minimum absolute atomic E-state index is 0.356. The summed E-state index contributed by atoms with van der Waals surface area (Å²) >= 11 is 6.02. The number of nitrogens with one attached hydrogen (secondary N) is 1. The molecule has 1 unspecified atom stereocenters. The minimum atomic E-state index is 0.356. The highest BCUT2D eigenvalue weighted by Gasteiger charge is 2.34. The number of halogens is 1. The predicted octanol–water partition coefficient (Wildman–Crippen LogP) is 6.34. The van der Waals surface area contributed by atoms with Crippen molar-refractivity contribution in [3.63, 3.8) is 0 Å². The van der Waals surface area contributed by atoms with Gasteiger partial charge in [0.05, 0.1) is 7.11 Å². The monoisotopic (exact) mass is 662 g/mol. The average Bonchev–Trinajstić information content (AvgIpc) is 3.51. The molecule has 0 saturated heterocycles. The molecule has 0 bridgehead atoms. The number of H-pyrrole nitrogens is 1. The third-order valence-electron chi connectivity index (χ3n) is 7.82. The Balaban J connectivity index is 0.000000233. The van der Waals surface area contributed by atoms with Crippen LogP contribution in [0.15, 0.2) is 60.7 Å². The van der Waals surface area contributed by atoms with Gasteiger partial charge in [-0.05, 0) is 160 Å². The number of hydrogen-bond acceptors (Lipinski definition) is 3. The summed E-state index contributed by atoms with van der Waals surface area (Å²) < 4.78 is 11.9. The Bertz CT molecular complexity index is 2390. The van der Waals surface area contributed by atoms with E-state index in [9.17, 15) is 0 Å². The molecule has 4 aromatic rings. The number of terminal acetylenes is 2. The maximum Gasteiger partial charge on any atom is 0.162 e. The van der Waals surface area contributed by atoms with Crippen LogP contribution in [-0.2, 0) is 26.0 Å². The van der Waals surface area contributed by atoms with Crippen molar-refractivity contribution in [3.05, 3.63) is 93.6 Å². The van der Waals surface area contributed by atoms with Gasteiger partial charge in [-0.15, -0.1) is 12.8 Å². The van der Waals surface area contributed by atoms with Crippen molar-refractivity contribution >= 4 is 22.5 Å². The lowest BCUT2D eigenvalue weighted by atomic mass is 9.85. The number of hydrogen-bond donors (Lipinski definition) is 1. The van der Waals surface area contributed by atoms with Gasteiger partial charge in [0.1, 0.15) is 6.61 Å². The molecule has 1 aromatic heterocycles. The minimum Gasteiger partial charge on any atom is -0.493 e. The van der Waals surface area contributed by atoms with E-state index in [2.05, 4.69) is 141 Å². The lowest BCUT2D eigenvalue weighted by molar-refractivity contribution is 0.158. The normalized spacial score (nSPS) is 12.5. The summed E-state index contributed by atoms with van der Waals surface area (Å²) in [6.07, 6.45) is 11.8. The van der Waals surface area contributed by atoms with Gasteiger partial charge in [0.2, 0.25) is 0 Å². The Kier molecular flexibility index (Phi) is 12.3. The molecule has 0 aliphatic carbocycles. The SMILES string of the molecule is C#CC#CC#CC#CC#CC#CC#CC#CC#C.COc1cc2c(cc1OCc1ccc(Cl)cc1)C1Cc3c([nH]c4ccccc34)CN1CC2. The number of methoxy groups -OCH3 is 1. The van der Waals surface area contributed by atoms with Crippen LogP contribution in [0.25, 0.3) is 10.9 Å². The second kappa shape index (κ2) is 17.9. The first-order valence-electron chi connectivity index (χ1n) is 15.4. The molecule has 1 N–H and O–H groups in total. The summed E-state index contributed by atoms with van der Waals surface area (Å²) in [6.45, 7) is 2.50. The fraction of sp³-hybridized carbons (Fsp3) is 0.156. The number of para-hydroxylation sites is 1. The van der Waals surface area contributed by atoms with Crippen LogP contribution in [0.1, 0.15) is 34.0 Å². The molecule has 236 valence electrons. The van der Waals surface area contributed by atoms with Crippen molar-refractivity contribution < 1.29 is 9.47 Å². The average molecular weight is 663 g/mol. The Hall–Kier alpha value is -6.91. The maximum absolute atomic E-state index is 6.23. The second-order valence-corrected chi connectivity index (χ2v) is 11.2. The highest BCUT2D eigenvalue weighted by atomic mass is 35.5. The van der Waals surface area contributed by atoms with Gasteiger partial charge in [-0.25, -0.2) is 0 Å². The molecule has 3 heterocycles. The number of aromatic amines is 1. The van der Waals surface area contributed by atoms with Crippen molar-refractivity contribution in [2.45, 2.75) is 32.0 Å². The van der Waals surface area contributed by atoms with Gasteiger partial charge in [0.25, 0.3) is 0 Å². The maximum atomic E-state index is 6.23. The lowest BCUT2D eigenvalue weighted by Crippen LogP contribution is -2.39. The standard InChI is InChI=1S/C27H25ClN2O2.C18H2/c1-31-26-12-18-10-11-30-15-24-22(20-4-2-3-5-23(20)29-24)13-25(30)21(18)14-27(26)32-16-17-6-8-19(28)9-7-17;1-3-5-7-9-11-13-15-17-18-16-14-12-10-8-6-4-2/h2-9,12,14,25,29H,10-11,13,15-16H2,1H3;1-2H. The first-order valence-corrected chi connectivity index (χ1v) is 15.8. The third-order valence-corrected chi connectivity index (χ3v) is 8.07. The lowest BCUT2D eigenvalue weighted by Gasteiger charge is -2.40. The Morgan fingerprint density at radius 1 is 0.780 bits per heavy atom. The topological polar surface area (TPSA) is 37.5 Å². The molecule has 0 saturated carbocycles. The smallest absolute Gasteiger partial charge is 0.162 e. The number of fused-ring (bicyclic) bond motifs is 6. The van der Waals surface area contributed by atoms with E-state index in [4.69, 9.17) is 33.9 Å². The molecule has 0 spiro atoms. The van der Waals surface area contributed by atoms with Crippen molar-refractivity contribution in [2.24, 2.45) is 0 Å². The fourth-order valence-electron chi connectivity index (χ4n) is 5.67. The zero-order valence-electron chi connectivity index (χ0n) is 27.2. The molecule has 0 radical (unpaired) electrons. The molecule has 3 aromatic carbocycles. The predicted molar refractivity (Wildman–Crippen MR) is 200 cm³/mol. The second-order valence-electron chi connectivity index (χ2n) is 10.7. The molecule has 2 aliphatic rings. The van der Waals surface area contributed by atoms with Crippen LogP contribution >= 0.6 is 11.6 Å². The van der Waals surface area contributed by atoms with Gasteiger partial charge in [-0.1, -0.05) is 41.9 Å². The molecule has 2 aliphatic heterocycles. The number of aromatic nitrogens is 1. The fourth-order valence-corrected chi connectivity index (χ4v) is 5.80. The number of nitrogens with zero attached hydrogens (tertiary/aromatic N) is 1. The van der Waals surface area contributed by atoms with E-state index in [1.165, 1.54) is 33.3 Å². The van der Waals surface area contributed by atoms with E-state index in [0.29, 0.717) is 12.6 Å². The van der Waals surface area contributed by atoms with Crippen molar-refractivity contribution in [1.29, 1.82) is 0 Å². The van der Waals surface area contributed by atoms with Gasteiger partial charge < -0.3 is 14.5 Å². The van der Waals surface area contributed by atoms with E-state index in [1.807, 2.05) is 24.3 Å². The quantitative estimate of drug-likeness (QED) is 0.259.